The molecule has 4 heterocycles. The first-order valence-electron chi connectivity index (χ1n) is 12.2. The molecule has 182 valence electrons. The summed E-state index contributed by atoms with van der Waals surface area (Å²) in [4.78, 5) is 29.8. The van der Waals surface area contributed by atoms with Gasteiger partial charge in [-0.05, 0) is 30.7 Å². The SMILES string of the molecule is CC.CC.CC(C)NCCc1c2c(nc3ccccc13)-c1cc3c(c(=O)n1C2)COC(=O)C3O. The van der Waals surface area contributed by atoms with Gasteiger partial charge in [-0.15, -0.1) is 0 Å². The molecule has 2 aliphatic heterocycles. The van der Waals surface area contributed by atoms with Gasteiger partial charge in [0.25, 0.3) is 5.56 Å². The summed E-state index contributed by atoms with van der Waals surface area (Å²) in [6, 6.07) is 10.1. The molecule has 7 nitrogen and oxygen atoms in total. The smallest absolute Gasteiger partial charge is 0.340 e. The van der Waals surface area contributed by atoms with Gasteiger partial charge in [-0.3, -0.25) is 4.79 Å². The van der Waals surface area contributed by atoms with Crippen LogP contribution in [0.15, 0.2) is 35.1 Å². The number of rotatable bonds is 4. The van der Waals surface area contributed by atoms with Gasteiger partial charge < -0.3 is 19.7 Å². The lowest BCUT2D eigenvalue weighted by molar-refractivity contribution is -0.157. The monoisotopic (exact) mass is 465 g/mol. The fraction of sp³-hybridized carbons (Fsp3) is 0.444. The van der Waals surface area contributed by atoms with Crippen molar-refractivity contribution in [2.45, 2.75) is 73.3 Å². The first kappa shape index (κ1) is 25.6. The maximum Gasteiger partial charge on any atom is 0.340 e. The minimum Gasteiger partial charge on any atom is -0.458 e. The molecule has 0 amide bonds. The first-order chi connectivity index (χ1) is 16.5. The van der Waals surface area contributed by atoms with Crippen LogP contribution in [-0.4, -0.2) is 33.2 Å². The molecule has 0 radical (unpaired) electrons. The molecule has 2 aromatic heterocycles. The van der Waals surface area contributed by atoms with Crippen LogP contribution < -0.4 is 10.9 Å². The number of pyridine rings is 2. The maximum atomic E-state index is 13.2. The van der Waals surface area contributed by atoms with Crippen LogP contribution in [0.5, 0.6) is 0 Å². The van der Waals surface area contributed by atoms with Crippen molar-refractivity contribution in [1.29, 1.82) is 0 Å². The van der Waals surface area contributed by atoms with Crippen LogP contribution in [0.25, 0.3) is 22.3 Å². The Morgan fingerprint density at radius 2 is 1.85 bits per heavy atom. The van der Waals surface area contributed by atoms with E-state index in [4.69, 9.17) is 9.72 Å². The van der Waals surface area contributed by atoms with Crippen LogP contribution in [0, 0.1) is 0 Å². The number of nitrogens with zero attached hydrogens (tertiary/aromatic N) is 2. The normalized spacial score (nSPS) is 15.4. The predicted octanol–water partition coefficient (Wildman–Crippen LogP) is 4.11. The number of para-hydroxylation sites is 1. The van der Waals surface area contributed by atoms with E-state index >= 15 is 0 Å². The molecule has 5 rings (SSSR count). The lowest BCUT2D eigenvalue weighted by Gasteiger charge is -2.21. The average Bonchev–Trinajstić information content (AvgIpc) is 3.22. The molecule has 2 N–H and O–H groups in total. The molecule has 1 atom stereocenters. The number of nitrogens with one attached hydrogen (secondary N) is 1. The van der Waals surface area contributed by atoms with Gasteiger partial charge in [-0.25, -0.2) is 9.78 Å². The highest BCUT2D eigenvalue weighted by molar-refractivity contribution is 5.88. The van der Waals surface area contributed by atoms with Gasteiger partial charge in [0.05, 0.1) is 29.0 Å². The van der Waals surface area contributed by atoms with E-state index in [0.29, 0.717) is 29.4 Å². The number of benzene rings is 1. The molecular weight excluding hydrogens is 430 g/mol. The first-order valence-corrected chi connectivity index (χ1v) is 12.2. The molecule has 3 aromatic rings. The number of hydrogen-bond acceptors (Lipinski definition) is 6. The minimum absolute atomic E-state index is 0.110. The summed E-state index contributed by atoms with van der Waals surface area (Å²) in [5.74, 6) is -0.725. The number of carbonyl (C=O) groups excluding carboxylic acids is 1. The molecule has 0 spiro atoms. The van der Waals surface area contributed by atoms with Gasteiger partial charge in [-0.2, -0.15) is 0 Å². The Morgan fingerprint density at radius 1 is 1.15 bits per heavy atom. The van der Waals surface area contributed by atoms with Crippen LogP contribution in [0.4, 0.5) is 0 Å². The number of esters is 1. The van der Waals surface area contributed by atoms with Gasteiger partial charge in [0.2, 0.25) is 0 Å². The molecule has 0 aliphatic carbocycles. The molecular formula is C27H35N3O4. The van der Waals surface area contributed by atoms with Gasteiger partial charge >= 0.3 is 5.97 Å². The molecule has 0 saturated carbocycles. The number of cyclic esters (lactones) is 1. The second-order valence-electron chi connectivity index (χ2n) is 8.16. The summed E-state index contributed by atoms with van der Waals surface area (Å²) in [6.07, 6.45) is -0.623. The quantitative estimate of drug-likeness (QED) is 0.441. The second kappa shape index (κ2) is 10.9. The molecule has 34 heavy (non-hydrogen) atoms. The molecule has 2 aliphatic rings. The van der Waals surface area contributed by atoms with E-state index < -0.39 is 12.1 Å². The fourth-order valence-electron chi connectivity index (χ4n) is 4.43. The molecule has 0 fully saturated rings. The van der Waals surface area contributed by atoms with E-state index in [1.807, 2.05) is 45.9 Å². The van der Waals surface area contributed by atoms with Gasteiger partial charge in [-0.1, -0.05) is 59.7 Å². The minimum atomic E-state index is -1.44. The molecule has 0 bridgehead atoms. The van der Waals surface area contributed by atoms with Crippen molar-refractivity contribution in [2.24, 2.45) is 0 Å². The summed E-state index contributed by atoms with van der Waals surface area (Å²) in [6.45, 7) is 13.4. The number of carbonyl (C=O) groups is 1. The third-order valence-corrected chi connectivity index (χ3v) is 5.91. The molecule has 0 saturated heterocycles. The summed E-state index contributed by atoms with van der Waals surface area (Å²) in [7, 11) is 0. The Hall–Kier alpha value is -3.03. The van der Waals surface area contributed by atoms with Crippen LogP contribution >= 0.6 is 0 Å². The maximum absolute atomic E-state index is 13.2. The van der Waals surface area contributed by atoms with Crippen LogP contribution in [-0.2, 0) is 29.1 Å². The highest BCUT2D eigenvalue weighted by Crippen LogP contribution is 2.37. The summed E-state index contributed by atoms with van der Waals surface area (Å²) < 4.78 is 6.65. The molecule has 7 heteroatoms. The van der Waals surface area contributed by atoms with Crippen LogP contribution in [0.1, 0.15) is 69.9 Å². The Balaban J connectivity index is 0.000000771. The molecule has 1 unspecified atom stereocenters. The second-order valence-corrected chi connectivity index (χ2v) is 8.16. The van der Waals surface area contributed by atoms with Crippen molar-refractivity contribution in [2.75, 3.05) is 6.54 Å². The third-order valence-electron chi connectivity index (χ3n) is 5.91. The van der Waals surface area contributed by atoms with E-state index in [1.54, 1.807) is 10.6 Å². The largest absolute Gasteiger partial charge is 0.458 e. The zero-order valence-corrected chi connectivity index (χ0v) is 20.9. The van der Waals surface area contributed by atoms with Crippen molar-refractivity contribution in [1.82, 2.24) is 14.9 Å². The highest BCUT2D eigenvalue weighted by Gasteiger charge is 2.34. The lowest BCUT2D eigenvalue weighted by Crippen LogP contribution is -2.32. The highest BCUT2D eigenvalue weighted by atomic mass is 16.5. The van der Waals surface area contributed by atoms with Crippen molar-refractivity contribution in [3.8, 4) is 11.4 Å². The van der Waals surface area contributed by atoms with Crippen molar-refractivity contribution in [3.05, 3.63) is 62.9 Å². The van der Waals surface area contributed by atoms with Crippen molar-refractivity contribution in [3.63, 3.8) is 0 Å². The third kappa shape index (κ3) is 4.50. The van der Waals surface area contributed by atoms with E-state index in [2.05, 4.69) is 25.2 Å². The number of hydrogen-bond donors (Lipinski definition) is 2. The number of aromatic nitrogens is 2. The number of aliphatic hydroxyl groups excluding tert-OH is 1. The van der Waals surface area contributed by atoms with Crippen LogP contribution in [0.3, 0.4) is 0 Å². The number of aliphatic hydroxyl groups is 1. The topological polar surface area (TPSA) is 93.5 Å². The summed E-state index contributed by atoms with van der Waals surface area (Å²) in [5.41, 5.74) is 4.90. The van der Waals surface area contributed by atoms with Gasteiger partial charge in [0.15, 0.2) is 6.10 Å². The van der Waals surface area contributed by atoms with E-state index in [9.17, 15) is 14.7 Å². The van der Waals surface area contributed by atoms with E-state index in [-0.39, 0.29) is 12.2 Å². The van der Waals surface area contributed by atoms with Gasteiger partial charge in [0, 0.05) is 22.6 Å². The molecule has 1 aromatic carbocycles. The van der Waals surface area contributed by atoms with Crippen LogP contribution in [0.2, 0.25) is 0 Å². The van der Waals surface area contributed by atoms with Crippen molar-refractivity contribution < 1.29 is 14.6 Å². The lowest BCUT2D eigenvalue weighted by atomic mass is 9.97. The number of fused-ring (bicyclic) bond motifs is 5. The van der Waals surface area contributed by atoms with E-state index in [0.717, 1.165) is 35.1 Å². The zero-order valence-electron chi connectivity index (χ0n) is 20.9. The fourth-order valence-corrected chi connectivity index (χ4v) is 4.43. The number of ether oxygens (including phenoxy) is 1. The summed E-state index contributed by atoms with van der Waals surface area (Å²) in [5, 5.41) is 14.8. The van der Waals surface area contributed by atoms with Gasteiger partial charge in [0.1, 0.15) is 6.61 Å². The standard InChI is InChI=1S/C23H23N3O4.2C2H6/c1-12(2)24-8-7-13-14-5-3-4-6-18(14)25-20-16(13)10-26-19(20)9-15-17(22(26)28)11-30-23(29)21(15)27;2*1-2/h3-6,9,12,21,24,27H,7-8,10-11H2,1-2H3;2*1-2H3. The van der Waals surface area contributed by atoms with Crippen molar-refractivity contribution >= 4 is 16.9 Å². The Morgan fingerprint density at radius 3 is 2.56 bits per heavy atom. The average molecular weight is 466 g/mol. The summed E-state index contributed by atoms with van der Waals surface area (Å²) >= 11 is 0. The predicted molar refractivity (Wildman–Crippen MR) is 135 cm³/mol. The zero-order chi connectivity index (χ0) is 25.0. The Kier molecular flexibility index (Phi) is 8.23. The van der Waals surface area contributed by atoms with E-state index in [1.165, 1.54) is 5.56 Å². The Labute approximate surface area is 200 Å². The Bertz CT molecular complexity index is 1250.